The Balaban J connectivity index is 2.03. The van der Waals surface area contributed by atoms with Crippen LogP contribution >= 0.6 is 0 Å². The van der Waals surface area contributed by atoms with Gasteiger partial charge in [-0.1, -0.05) is 18.2 Å². The second-order valence-electron chi connectivity index (χ2n) is 7.96. The third-order valence-corrected chi connectivity index (χ3v) is 5.35. The van der Waals surface area contributed by atoms with Crippen LogP contribution in [-0.2, 0) is 14.3 Å². The molecule has 1 N–H and O–H groups in total. The second-order valence-corrected chi connectivity index (χ2v) is 7.96. The zero-order valence-electron chi connectivity index (χ0n) is 19.4. The molecule has 0 spiro atoms. The van der Waals surface area contributed by atoms with Gasteiger partial charge < -0.3 is 19.5 Å². The van der Waals surface area contributed by atoms with Crippen LogP contribution in [0.1, 0.15) is 30.5 Å². The standard InChI is InChI=1S/C25H30N2O5/c1-15(2)32-10-9-27-24(28)22(18-8-7-16(3)17(4)11-18)23(25(27)29)26-19-12-20(30-5)14-21(13-19)31-6/h7-8,11-15,26H,9-10H2,1-6H3. The Hall–Kier alpha value is -3.32. The number of hydrogen-bond donors (Lipinski definition) is 1. The smallest absolute Gasteiger partial charge is 0.278 e. The molecule has 2 aromatic carbocycles. The van der Waals surface area contributed by atoms with E-state index in [1.54, 1.807) is 32.4 Å². The van der Waals surface area contributed by atoms with Gasteiger partial charge in [-0.05, 0) is 44.4 Å². The molecule has 2 amide bonds. The van der Waals surface area contributed by atoms with Gasteiger partial charge in [0.2, 0.25) is 0 Å². The molecule has 1 aliphatic rings. The van der Waals surface area contributed by atoms with Crippen molar-refractivity contribution in [2.75, 3.05) is 32.7 Å². The van der Waals surface area contributed by atoms with E-state index in [0.29, 0.717) is 28.3 Å². The summed E-state index contributed by atoms with van der Waals surface area (Å²) in [7, 11) is 3.11. The Morgan fingerprint density at radius 1 is 0.906 bits per heavy atom. The monoisotopic (exact) mass is 438 g/mol. The molecule has 1 heterocycles. The quantitative estimate of drug-likeness (QED) is 0.598. The molecule has 0 bridgehead atoms. The molecule has 170 valence electrons. The Bertz CT molecular complexity index is 1040. The number of hydrogen-bond acceptors (Lipinski definition) is 6. The molecule has 2 aromatic rings. The summed E-state index contributed by atoms with van der Waals surface area (Å²) in [5, 5.41) is 3.15. The first-order valence-corrected chi connectivity index (χ1v) is 10.5. The summed E-state index contributed by atoms with van der Waals surface area (Å²) in [6, 6.07) is 11.0. The van der Waals surface area contributed by atoms with Crippen LogP contribution in [0.15, 0.2) is 42.1 Å². The minimum absolute atomic E-state index is 0.0110. The lowest BCUT2D eigenvalue weighted by Crippen LogP contribution is -2.35. The fourth-order valence-electron chi connectivity index (χ4n) is 3.46. The molecule has 7 heteroatoms. The average Bonchev–Trinajstić information content (AvgIpc) is 2.99. The highest BCUT2D eigenvalue weighted by Gasteiger charge is 2.39. The number of benzene rings is 2. The van der Waals surface area contributed by atoms with Gasteiger partial charge in [-0.15, -0.1) is 0 Å². The maximum Gasteiger partial charge on any atom is 0.278 e. The van der Waals surface area contributed by atoms with Gasteiger partial charge in [0, 0.05) is 23.9 Å². The largest absolute Gasteiger partial charge is 0.497 e. The number of methoxy groups -OCH3 is 2. The Morgan fingerprint density at radius 2 is 1.56 bits per heavy atom. The molecule has 32 heavy (non-hydrogen) atoms. The van der Waals surface area contributed by atoms with Crippen molar-refractivity contribution in [1.29, 1.82) is 0 Å². The molecule has 0 radical (unpaired) electrons. The SMILES string of the molecule is COc1cc(NC2=C(c3ccc(C)c(C)c3)C(=O)N(CCOC(C)C)C2=O)cc(OC)c1. The number of carbonyl (C=O) groups is 2. The number of imide groups is 1. The summed E-state index contributed by atoms with van der Waals surface area (Å²) in [5.74, 6) is 0.402. The summed E-state index contributed by atoms with van der Waals surface area (Å²) < 4.78 is 16.2. The summed E-state index contributed by atoms with van der Waals surface area (Å²) in [4.78, 5) is 27.9. The van der Waals surface area contributed by atoms with E-state index in [2.05, 4.69) is 5.32 Å². The first-order valence-electron chi connectivity index (χ1n) is 10.5. The molecule has 0 saturated carbocycles. The van der Waals surface area contributed by atoms with Crippen LogP contribution in [0.2, 0.25) is 0 Å². The number of ether oxygens (including phenoxy) is 3. The number of anilines is 1. The van der Waals surface area contributed by atoms with Crippen molar-refractivity contribution in [2.45, 2.75) is 33.8 Å². The van der Waals surface area contributed by atoms with E-state index >= 15 is 0 Å². The van der Waals surface area contributed by atoms with Gasteiger partial charge in [0.05, 0.1) is 39.0 Å². The first kappa shape index (κ1) is 23.3. The fraction of sp³-hybridized carbons (Fsp3) is 0.360. The Labute approximate surface area is 189 Å². The van der Waals surface area contributed by atoms with Crippen LogP contribution in [0.25, 0.3) is 5.57 Å². The molecule has 0 atom stereocenters. The lowest BCUT2D eigenvalue weighted by atomic mass is 9.99. The van der Waals surface area contributed by atoms with Crippen LogP contribution in [0.3, 0.4) is 0 Å². The number of amides is 2. The minimum atomic E-state index is -0.391. The molecule has 0 fully saturated rings. The van der Waals surface area contributed by atoms with Crippen molar-refractivity contribution in [3.8, 4) is 11.5 Å². The van der Waals surface area contributed by atoms with Gasteiger partial charge in [0.25, 0.3) is 11.8 Å². The molecule has 0 unspecified atom stereocenters. The summed E-state index contributed by atoms with van der Waals surface area (Å²) in [6.45, 7) is 8.26. The number of aryl methyl sites for hydroxylation is 2. The van der Waals surface area contributed by atoms with Crippen LogP contribution in [-0.4, -0.2) is 50.2 Å². The summed E-state index contributed by atoms with van der Waals surface area (Å²) >= 11 is 0. The van der Waals surface area contributed by atoms with E-state index in [4.69, 9.17) is 14.2 Å². The number of rotatable bonds is 9. The second kappa shape index (κ2) is 9.87. The van der Waals surface area contributed by atoms with Crippen molar-refractivity contribution >= 4 is 23.1 Å². The van der Waals surface area contributed by atoms with Gasteiger partial charge in [0.15, 0.2) is 0 Å². The van der Waals surface area contributed by atoms with E-state index < -0.39 is 5.91 Å². The number of carbonyl (C=O) groups excluding carboxylic acids is 2. The third-order valence-electron chi connectivity index (χ3n) is 5.35. The van der Waals surface area contributed by atoms with E-state index in [1.165, 1.54) is 4.90 Å². The zero-order valence-corrected chi connectivity index (χ0v) is 19.4. The number of nitrogens with one attached hydrogen (secondary N) is 1. The van der Waals surface area contributed by atoms with Crippen molar-refractivity contribution in [1.82, 2.24) is 4.90 Å². The summed E-state index contributed by atoms with van der Waals surface area (Å²) in [6.07, 6.45) is 0.0110. The normalized spacial score (nSPS) is 13.9. The van der Waals surface area contributed by atoms with Crippen LogP contribution in [0.4, 0.5) is 5.69 Å². The summed E-state index contributed by atoms with van der Waals surface area (Å²) in [5.41, 5.74) is 3.98. The molecular formula is C25H30N2O5. The highest BCUT2D eigenvalue weighted by Crippen LogP contribution is 2.33. The van der Waals surface area contributed by atoms with Crippen molar-refractivity contribution in [3.05, 3.63) is 58.8 Å². The van der Waals surface area contributed by atoms with Gasteiger partial charge >= 0.3 is 0 Å². The number of nitrogens with zero attached hydrogens (tertiary/aromatic N) is 1. The van der Waals surface area contributed by atoms with Crippen molar-refractivity contribution in [3.63, 3.8) is 0 Å². The van der Waals surface area contributed by atoms with E-state index in [9.17, 15) is 9.59 Å². The predicted molar refractivity (Wildman–Crippen MR) is 124 cm³/mol. The molecule has 0 saturated heterocycles. The maximum absolute atomic E-state index is 13.3. The van der Waals surface area contributed by atoms with Gasteiger partial charge in [-0.2, -0.15) is 0 Å². The third kappa shape index (κ3) is 4.94. The lowest BCUT2D eigenvalue weighted by molar-refractivity contribution is -0.137. The van der Waals surface area contributed by atoms with Crippen LogP contribution in [0, 0.1) is 13.8 Å². The van der Waals surface area contributed by atoms with Gasteiger partial charge in [0.1, 0.15) is 17.2 Å². The molecule has 7 nitrogen and oxygen atoms in total. The topological polar surface area (TPSA) is 77.1 Å². The minimum Gasteiger partial charge on any atom is -0.497 e. The highest BCUT2D eigenvalue weighted by atomic mass is 16.5. The first-order chi connectivity index (χ1) is 15.2. The fourth-order valence-corrected chi connectivity index (χ4v) is 3.46. The van der Waals surface area contributed by atoms with Gasteiger partial charge in [-0.25, -0.2) is 0 Å². The average molecular weight is 439 g/mol. The Morgan fingerprint density at radius 3 is 2.12 bits per heavy atom. The van der Waals surface area contributed by atoms with Gasteiger partial charge in [-0.3, -0.25) is 14.5 Å². The van der Waals surface area contributed by atoms with Crippen molar-refractivity contribution in [2.24, 2.45) is 0 Å². The molecule has 0 aromatic heterocycles. The van der Waals surface area contributed by atoms with Crippen LogP contribution in [0.5, 0.6) is 11.5 Å². The molecule has 0 aliphatic carbocycles. The van der Waals surface area contributed by atoms with E-state index in [1.807, 2.05) is 45.9 Å². The maximum atomic E-state index is 13.3. The van der Waals surface area contributed by atoms with Crippen LogP contribution < -0.4 is 14.8 Å². The van der Waals surface area contributed by atoms with E-state index in [0.717, 1.165) is 11.1 Å². The Kier molecular flexibility index (Phi) is 7.20. The molecule has 1 aliphatic heterocycles. The highest BCUT2D eigenvalue weighted by molar-refractivity contribution is 6.36. The van der Waals surface area contributed by atoms with E-state index in [-0.39, 0.29) is 30.9 Å². The lowest BCUT2D eigenvalue weighted by Gasteiger charge is -2.16. The zero-order chi connectivity index (χ0) is 23.4. The van der Waals surface area contributed by atoms with Crippen molar-refractivity contribution < 1.29 is 23.8 Å². The molecular weight excluding hydrogens is 408 g/mol. The molecule has 3 rings (SSSR count). The predicted octanol–water partition coefficient (Wildman–Crippen LogP) is 3.94.